The van der Waals surface area contributed by atoms with Crippen LogP contribution in [-0.2, 0) is 6.42 Å². The van der Waals surface area contributed by atoms with Crippen molar-refractivity contribution in [3.63, 3.8) is 0 Å². The van der Waals surface area contributed by atoms with Gasteiger partial charge in [0.15, 0.2) is 0 Å². The topological polar surface area (TPSA) is 66.7 Å². The zero-order valence-electron chi connectivity index (χ0n) is 8.90. The van der Waals surface area contributed by atoms with Gasteiger partial charge in [-0.25, -0.2) is 4.98 Å². The molecule has 0 radical (unpaired) electrons. The number of nitrogens with zero attached hydrogens (tertiary/aromatic N) is 2. The summed E-state index contributed by atoms with van der Waals surface area (Å²) in [5.74, 6) is 1.80. The summed E-state index contributed by atoms with van der Waals surface area (Å²) in [5.41, 5.74) is 0. The lowest BCUT2D eigenvalue weighted by Crippen LogP contribution is -2.21. The quantitative estimate of drug-likeness (QED) is 0.882. The van der Waals surface area contributed by atoms with Gasteiger partial charge >= 0.3 is 0 Å². The van der Waals surface area contributed by atoms with Gasteiger partial charge in [-0.3, -0.25) is 5.10 Å². The van der Waals surface area contributed by atoms with Crippen molar-refractivity contribution < 1.29 is 4.42 Å². The number of aromatic nitrogens is 3. The Bertz CT molecular complexity index is 426. The second kappa shape index (κ2) is 5.27. The van der Waals surface area contributed by atoms with Crippen molar-refractivity contribution in [1.29, 1.82) is 0 Å². The maximum Gasteiger partial charge on any atom is 0.137 e. The second-order valence-electron chi connectivity index (χ2n) is 3.49. The number of furan rings is 1. The summed E-state index contributed by atoms with van der Waals surface area (Å²) < 4.78 is 6.36. The average Bonchev–Trinajstić information content (AvgIpc) is 2.88. The van der Waals surface area contributed by atoms with Gasteiger partial charge in [0, 0.05) is 13.0 Å². The normalized spacial score (nSPS) is 12.9. The lowest BCUT2D eigenvalue weighted by molar-refractivity contribution is 0.429. The van der Waals surface area contributed by atoms with Gasteiger partial charge in [0.1, 0.15) is 17.9 Å². The first-order valence-electron chi connectivity index (χ1n) is 5.08. The number of nitrogens with one attached hydrogen (secondary N) is 2. The Hall–Kier alpha value is -1.14. The molecule has 0 saturated carbocycles. The Balaban J connectivity index is 1.80. The molecule has 0 amide bonds. The third kappa shape index (κ3) is 2.70. The molecule has 0 aromatic carbocycles. The van der Waals surface area contributed by atoms with Crippen LogP contribution in [0.1, 0.15) is 24.6 Å². The van der Waals surface area contributed by atoms with Crippen molar-refractivity contribution >= 4 is 15.9 Å². The fourth-order valence-electron chi connectivity index (χ4n) is 1.47. The van der Waals surface area contributed by atoms with E-state index in [4.69, 9.17) is 4.42 Å². The molecule has 16 heavy (non-hydrogen) atoms. The van der Waals surface area contributed by atoms with E-state index in [-0.39, 0.29) is 6.04 Å². The minimum Gasteiger partial charge on any atom is -0.466 e. The van der Waals surface area contributed by atoms with Crippen LogP contribution in [0.4, 0.5) is 0 Å². The second-order valence-corrected chi connectivity index (χ2v) is 4.35. The summed E-state index contributed by atoms with van der Waals surface area (Å²) in [6.45, 7) is 2.88. The van der Waals surface area contributed by atoms with E-state index in [1.807, 2.05) is 6.07 Å². The van der Waals surface area contributed by atoms with E-state index >= 15 is 0 Å². The Morgan fingerprint density at radius 2 is 2.50 bits per heavy atom. The predicted octanol–water partition coefficient (Wildman–Crippen LogP) is 2.05. The number of halogens is 1. The molecule has 2 heterocycles. The van der Waals surface area contributed by atoms with Gasteiger partial charge < -0.3 is 9.73 Å². The number of H-pyrrole nitrogens is 1. The Kier molecular flexibility index (Phi) is 3.74. The third-order valence-corrected chi connectivity index (χ3v) is 2.97. The fraction of sp³-hybridized carbons (Fsp3) is 0.400. The molecule has 0 spiro atoms. The molecule has 0 aliphatic carbocycles. The van der Waals surface area contributed by atoms with Crippen LogP contribution >= 0.6 is 15.9 Å². The number of hydrogen-bond donors (Lipinski definition) is 2. The zero-order chi connectivity index (χ0) is 11.4. The summed E-state index contributed by atoms with van der Waals surface area (Å²) in [5, 5.41) is 9.97. The van der Waals surface area contributed by atoms with Crippen LogP contribution in [-0.4, -0.2) is 21.7 Å². The molecule has 5 nitrogen and oxygen atoms in total. The summed E-state index contributed by atoms with van der Waals surface area (Å²) in [6, 6.07) is 2.07. The van der Waals surface area contributed by atoms with Crippen molar-refractivity contribution in [2.75, 3.05) is 6.54 Å². The van der Waals surface area contributed by atoms with Crippen molar-refractivity contribution in [1.82, 2.24) is 20.5 Å². The van der Waals surface area contributed by atoms with E-state index in [2.05, 4.69) is 43.4 Å². The van der Waals surface area contributed by atoms with E-state index in [0.717, 1.165) is 29.0 Å². The average molecular weight is 285 g/mol. The maximum atomic E-state index is 5.37. The van der Waals surface area contributed by atoms with Gasteiger partial charge in [-0.05, 0) is 28.9 Å². The summed E-state index contributed by atoms with van der Waals surface area (Å²) in [4.78, 5) is 4.05. The van der Waals surface area contributed by atoms with Crippen LogP contribution in [0.3, 0.4) is 0 Å². The van der Waals surface area contributed by atoms with Crippen LogP contribution in [0.5, 0.6) is 0 Å². The van der Waals surface area contributed by atoms with Crippen LogP contribution in [0.25, 0.3) is 0 Å². The molecule has 2 aromatic rings. The number of aromatic amines is 1. The highest BCUT2D eigenvalue weighted by Crippen LogP contribution is 2.23. The molecule has 2 N–H and O–H groups in total. The number of rotatable bonds is 5. The monoisotopic (exact) mass is 284 g/mol. The Labute approximate surface area is 102 Å². The van der Waals surface area contributed by atoms with E-state index in [1.165, 1.54) is 6.33 Å². The van der Waals surface area contributed by atoms with Gasteiger partial charge in [0.2, 0.25) is 0 Å². The molecule has 0 fully saturated rings. The molecule has 0 bridgehead atoms. The SMILES string of the molecule is CC(NCCc1ncn[nH]1)c1occc1Br. The molecule has 86 valence electrons. The highest BCUT2D eigenvalue weighted by Gasteiger charge is 2.11. The van der Waals surface area contributed by atoms with E-state index < -0.39 is 0 Å². The smallest absolute Gasteiger partial charge is 0.137 e. The maximum absolute atomic E-state index is 5.37. The molecule has 1 atom stereocenters. The minimum atomic E-state index is 0.173. The highest BCUT2D eigenvalue weighted by molar-refractivity contribution is 9.10. The molecule has 1 unspecified atom stereocenters. The first-order valence-corrected chi connectivity index (χ1v) is 5.87. The lowest BCUT2D eigenvalue weighted by Gasteiger charge is -2.10. The van der Waals surface area contributed by atoms with E-state index in [1.54, 1.807) is 6.26 Å². The van der Waals surface area contributed by atoms with Gasteiger partial charge in [0.25, 0.3) is 0 Å². The Morgan fingerprint density at radius 3 is 3.12 bits per heavy atom. The summed E-state index contributed by atoms with van der Waals surface area (Å²) in [6.07, 6.45) is 4.01. The molecular formula is C10H13BrN4O. The van der Waals surface area contributed by atoms with Gasteiger partial charge in [0.05, 0.1) is 16.8 Å². The molecule has 2 aromatic heterocycles. The molecule has 6 heteroatoms. The highest BCUT2D eigenvalue weighted by atomic mass is 79.9. The third-order valence-electron chi connectivity index (χ3n) is 2.32. The van der Waals surface area contributed by atoms with Gasteiger partial charge in [-0.1, -0.05) is 0 Å². The standard InChI is InChI=1S/C10H13BrN4O/c1-7(10-8(11)3-5-16-10)12-4-2-9-13-6-14-15-9/h3,5-7,12H,2,4H2,1H3,(H,13,14,15). The van der Waals surface area contributed by atoms with Crippen molar-refractivity contribution in [2.45, 2.75) is 19.4 Å². The van der Waals surface area contributed by atoms with Gasteiger partial charge in [-0.15, -0.1) is 0 Å². The van der Waals surface area contributed by atoms with Crippen molar-refractivity contribution in [2.24, 2.45) is 0 Å². The van der Waals surface area contributed by atoms with Crippen LogP contribution in [0, 0.1) is 0 Å². The predicted molar refractivity (Wildman–Crippen MR) is 62.9 cm³/mol. The Morgan fingerprint density at radius 1 is 1.62 bits per heavy atom. The zero-order valence-corrected chi connectivity index (χ0v) is 10.5. The van der Waals surface area contributed by atoms with E-state index in [0.29, 0.717) is 0 Å². The molecule has 0 aliphatic heterocycles. The first kappa shape index (κ1) is 11.3. The van der Waals surface area contributed by atoms with E-state index in [9.17, 15) is 0 Å². The molecular weight excluding hydrogens is 272 g/mol. The first-order chi connectivity index (χ1) is 7.77. The summed E-state index contributed by atoms with van der Waals surface area (Å²) in [7, 11) is 0. The van der Waals surface area contributed by atoms with Crippen LogP contribution in [0.2, 0.25) is 0 Å². The molecule has 2 rings (SSSR count). The van der Waals surface area contributed by atoms with Gasteiger partial charge in [-0.2, -0.15) is 5.10 Å². The van der Waals surface area contributed by atoms with Crippen molar-refractivity contribution in [3.05, 3.63) is 34.7 Å². The summed E-state index contributed by atoms with van der Waals surface area (Å²) >= 11 is 3.44. The largest absolute Gasteiger partial charge is 0.466 e. The fourth-order valence-corrected chi connectivity index (χ4v) is 2.01. The number of hydrogen-bond acceptors (Lipinski definition) is 4. The minimum absolute atomic E-state index is 0.173. The lowest BCUT2D eigenvalue weighted by atomic mass is 10.2. The van der Waals surface area contributed by atoms with Crippen LogP contribution < -0.4 is 5.32 Å². The molecule has 0 saturated heterocycles. The molecule has 0 aliphatic rings. The van der Waals surface area contributed by atoms with Crippen molar-refractivity contribution in [3.8, 4) is 0 Å². The van der Waals surface area contributed by atoms with Crippen LogP contribution in [0.15, 0.2) is 27.5 Å².